The summed E-state index contributed by atoms with van der Waals surface area (Å²) < 4.78 is 16.8. The average molecular weight is 550 g/mol. The minimum absolute atomic E-state index is 0. The van der Waals surface area contributed by atoms with Gasteiger partial charge in [-0.3, -0.25) is 4.99 Å². The molecule has 148 valence electrons. The predicted octanol–water partition coefficient (Wildman–Crippen LogP) is 3.96. The Bertz CT molecular complexity index is 772. The van der Waals surface area contributed by atoms with Gasteiger partial charge in [-0.25, -0.2) is 0 Å². The van der Waals surface area contributed by atoms with E-state index in [2.05, 4.69) is 31.6 Å². The molecule has 0 heterocycles. The summed E-state index contributed by atoms with van der Waals surface area (Å²) in [5.41, 5.74) is 2.13. The Labute approximate surface area is 185 Å². The van der Waals surface area contributed by atoms with Crippen LogP contribution in [0.5, 0.6) is 17.2 Å². The molecule has 0 saturated heterocycles. The monoisotopic (exact) mass is 549 g/mol. The summed E-state index contributed by atoms with van der Waals surface area (Å²) >= 11 is 3.50. The third-order valence-electron chi connectivity index (χ3n) is 3.84. The Balaban J connectivity index is 0.00000364. The Morgan fingerprint density at radius 2 is 1.63 bits per heavy atom. The van der Waals surface area contributed by atoms with E-state index in [1.807, 2.05) is 36.4 Å². The normalized spacial score (nSPS) is 10.6. The smallest absolute Gasteiger partial charge is 0.191 e. The molecule has 2 aromatic rings. The Morgan fingerprint density at radius 3 is 2.22 bits per heavy atom. The first-order valence-corrected chi connectivity index (χ1v) is 8.88. The number of methoxy groups -OCH3 is 3. The zero-order valence-electron chi connectivity index (χ0n) is 15.8. The highest BCUT2D eigenvalue weighted by Gasteiger charge is 2.07. The van der Waals surface area contributed by atoms with Crippen LogP contribution < -0.4 is 24.8 Å². The van der Waals surface area contributed by atoms with Crippen LogP contribution in [0.4, 0.5) is 0 Å². The molecule has 0 saturated carbocycles. The summed E-state index contributed by atoms with van der Waals surface area (Å²) in [6, 6.07) is 11.7. The van der Waals surface area contributed by atoms with E-state index in [4.69, 9.17) is 14.2 Å². The van der Waals surface area contributed by atoms with Crippen molar-refractivity contribution in [2.24, 2.45) is 4.99 Å². The molecule has 0 unspecified atom stereocenters. The Hall–Kier alpha value is -1.68. The molecule has 2 rings (SSSR count). The van der Waals surface area contributed by atoms with E-state index in [1.165, 1.54) is 0 Å². The van der Waals surface area contributed by atoms with Crippen LogP contribution in [0.2, 0.25) is 0 Å². The van der Waals surface area contributed by atoms with Gasteiger partial charge in [0, 0.05) is 31.8 Å². The number of guanidine groups is 1. The molecule has 0 atom stereocenters. The molecule has 0 bridgehead atoms. The summed E-state index contributed by atoms with van der Waals surface area (Å²) in [6.45, 7) is 1.22. The zero-order valence-corrected chi connectivity index (χ0v) is 19.8. The topological polar surface area (TPSA) is 64.1 Å². The van der Waals surface area contributed by atoms with Gasteiger partial charge in [0.05, 0.1) is 25.8 Å². The summed E-state index contributed by atoms with van der Waals surface area (Å²) in [7, 11) is 6.67. The van der Waals surface area contributed by atoms with E-state index >= 15 is 0 Å². The van der Waals surface area contributed by atoms with Crippen LogP contribution in [0.25, 0.3) is 0 Å². The summed E-state index contributed by atoms with van der Waals surface area (Å²) in [4.78, 5) is 4.26. The molecule has 0 amide bonds. The second-order valence-electron chi connectivity index (χ2n) is 5.43. The molecule has 6 nitrogen and oxygen atoms in total. The fourth-order valence-corrected chi connectivity index (χ4v) is 2.99. The van der Waals surface area contributed by atoms with Crippen LogP contribution in [-0.2, 0) is 13.1 Å². The van der Waals surface area contributed by atoms with Gasteiger partial charge in [0.1, 0.15) is 17.2 Å². The van der Waals surface area contributed by atoms with Crippen molar-refractivity contribution in [2.45, 2.75) is 13.1 Å². The summed E-state index contributed by atoms with van der Waals surface area (Å²) in [6.07, 6.45) is 0. The number of rotatable bonds is 7. The van der Waals surface area contributed by atoms with Crippen molar-refractivity contribution >= 4 is 45.9 Å². The minimum Gasteiger partial charge on any atom is -0.497 e. The number of ether oxygens (including phenoxy) is 3. The van der Waals surface area contributed by atoms with Crippen molar-refractivity contribution in [1.29, 1.82) is 0 Å². The summed E-state index contributed by atoms with van der Waals surface area (Å²) in [5, 5.41) is 6.58. The number of hydrogen-bond donors (Lipinski definition) is 2. The van der Waals surface area contributed by atoms with Gasteiger partial charge in [0.25, 0.3) is 0 Å². The van der Waals surface area contributed by atoms with E-state index < -0.39 is 0 Å². The molecule has 27 heavy (non-hydrogen) atoms. The molecule has 8 heteroatoms. The molecule has 0 aliphatic heterocycles. The van der Waals surface area contributed by atoms with Crippen LogP contribution in [0.1, 0.15) is 11.1 Å². The highest BCUT2D eigenvalue weighted by molar-refractivity contribution is 14.0. The number of aliphatic imine (C=N–C) groups is 1. The lowest BCUT2D eigenvalue weighted by atomic mass is 10.2. The second kappa shape index (κ2) is 11.9. The van der Waals surface area contributed by atoms with Gasteiger partial charge in [0.15, 0.2) is 5.96 Å². The minimum atomic E-state index is 0. The van der Waals surface area contributed by atoms with E-state index in [0.717, 1.165) is 32.8 Å². The Kier molecular flexibility index (Phi) is 10.3. The third kappa shape index (κ3) is 6.76. The van der Waals surface area contributed by atoms with Gasteiger partial charge in [-0.1, -0.05) is 6.07 Å². The molecule has 2 aromatic carbocycles. The molecule has 2 N–H and O–H groups in total. The maximum absolute atomic E-state index is 5.42. The molecule has 0 spiro atoms. The van der Waals surface area contributed by atoms with Crippen molar-refractivity contribution in [2.75, 3.05) is 28.4 Å². The van der Waals surface area contributed by atoms with Crippen molar-refractivity contribution in [3.63, 3.8) is 0 Å². The summed E-state index contributed by atoms with van der Waals surface area (Å²) in [5.74, 6) is 3.04. The third-order valence-corrected chi connectivity index (χ3v) is 4.46. The lowest BCUT2D eigenvalue weighted by Gasteiger charge is -2.15. The van der Waals surface area contributed by atoms with E-state index in [1.54, 1.807) is 28.4 Å². The molecule has 0 radical (unpaired) electrons. The maximum atomic E-state index is 5.42. The number of nitrogens with one attached hydrogen (secondary N) is 2. The lowest BCUT2D eigenvalue weighted by molar-refractivity contribution is 0.390. The fourth-order valence-electron chi connectivity index (χ4n) is 2.40. The quantitative estimate of drug-likeness (QED) is 0.311. The number of halogens is 2. The number of hydrogen-bond acceptors (Lipinski definition) is 4. The van der Waals surface area contributed by atoms with Crippen LogP contribution in [0.3, 0.4) is 0 Å². The first kappa shape index (κ1) is 23.4. The zero-order chi connectivity index (χ0) is 18.9. The SMILES string of the molecule is CN=C(NCc1ccc(OC)c(Br)c1)NCc1ccc(OC)cc1OC.I. The predicted molar refractivity (Wildman–Crippen MR) is 123 cm³/mol. The van der Waals surface area contributed by atoms with E-state index in [-0.39, 0.29) is 24.0 Å². The van der Waals surface area contributed by atoms with Crippen LogP contribution in [0, 0.1) is 0 Å². The highest BCUT2D eigenvalue weighted by Crippen LogP contribution is 2.26. The first-order chi connectivity index (χ1) is 12.6. The van der Waals surface area contributed by atoms with Gasteiger partial charge in [-0.05, 0) is 45.8 Å². The van der Waals surface area contributed by atoms with Crippen molar-refractivity contribution in [1.82, 2.24) is 10.6 Å². The fraction of sp³-hybridized carbons (Fsp3) is 0.316. The maximum Gasteiger partial charge on any atom is 0.191 e. The largest absolute Gasteiger partial charge is 0.497 e. The van der Waals surface area contributed by atoms with Crippen LogP contribution >= 0.6 is 39.9 Å². The molecule has 0 aliphatic carbocycles. The van der Waals surface area contributed by atoms with Gasteiger partial charge >= 0.3 is 0 Å². The number of benzene rings is 2. The van der Waals surface area contributed by atoms with Crippen LogP contribution in [0.15, 0.2) is 45.9 Å². The van der Waals surface area contributed by atoms with Crippen molar-refractivity contribution < 1.29 is 14.2 Å². The number of nitrogens with zero attached hydrogens (tertiary/aromatic N) is 1. The first-order valence-electron chi connectivity index (χ1n) is 8.09. The van der Waals surface area contributed by atoms with Gasteiger partial charge in [-0.2, -0.15) is 0 Å². The molecular weight excluding hydrogens is 525 g/mol. The molecular formula is C19H25BrIN3O3. The highest BCUT2D eigenvalue weighted by atomic mass is 127. The van der Waals surface area contributed by atoms with Crippen molar-refractivity contribution in [3.05, 3.63) is 52.0 Å². The van der Waals surface area contributed by atoms with Gasteiger partial charge in [-0.15, -0.1) is 24.0 Å². The van der Waals surface area contributed by atoms with Gasteiger partial charge in [0.2, 0.25) is 0 Å². The standard InChI is InChI=1S/C19H24BrN3O3.HI/c1-21-19(22-11-13-5-8-17(25-3)16(20)9-13)23-12-14-6-7-15(24-2)10-18(14)26-4;/h5-10H,11-12H2,1-4H3,(H2,21,22,23);1H. The second-order valence-corrected chi connectivity index (χ2v) is 6.28. The van der Waals surface area contributed by atoms with Crippen molar-refractivity contribution in [3.8, 4) is 17.2 Å². The van der Waals surface area contributed by atoms with E-state index in [0.29, 0.717) is 19.0 Å². The van der Waals surface area contributed by atoms with Gasteiger partial charge < -0.3 is 24.8 Å². The molecule has 0 fully saturated rings. The molecule has 0 aromatic heterocycles. The molecule has 0 aliphatic rings. The average Bonchev–Trinajstić information content (AvgIpc) is 2.68. The lowest BCUT2D eigenvalue weighted by Crippen LogP contribution is -2.36. The van der Waals surface area contributed by atoms with Crippen LogP contribution in [-0.4, -0.2) is 34.3 Å². The van der Waals surface area contributed by atoms with E-state index in [9.17, 15) is 0 Å². The Morgan fingerprint density at radius 1 is 0.926 bits per heavy atom.